The van der Waals surface area contributed by atoms with Crippen LogP contribution in [0.2, 0.25) is 0 Å². The molecule has 0 unspecified atom stereocenters. The minimum absolute atomic E-state index is 0.335. The normalized spacial score (nSPS) is 10.9. The minimum atomic E-state index is -0.405. The summed E-state index contributed by atoms with van der Waals surface area (Å²) in [6.07, 6.45) is 0. The van der Waals surface area contributed by atoms with Gasteiger partial charge in [-0.05, 0) is 29.8 Å². The topological polar surface area (TPSA) is 12.9 Å². The Kier molecular flexibility index (Phi) is 3.54. The second kappa shape index (κ2) is 5.85. The molecule has 0 aliphatic carbocycles. The molecule has 4 aromatic rings. The maximum atomic E-state index is 14.4. The van der Waals surface area contributed by atoms with Gasteiger partial charge in [0.25, 0.3) is 0 Å². The van der Waals surface area contributed by atoms with Gasteiger partial charge in [0, 0.05) is 16.5 Å². The number of aromatic nitrogens is 1. The molecule has 0 saturated carbocycles. The van der Waals surface area contributed by atoms with E-state index in [1.54, 1.807) is 36.4 Å². The van der Waals surface area contributed by atoms with Crippen LogP contribution < -0.4 is 0 Å². The zero-order chi connectivity index (χ0) is 16.5. The van der Waals surface area contributed by atoms with E-state index in [9.17, 15) is 8.78 Å². The van der Waals surface area contributed by atoms with E-state index in [0.717, 1.165) is 5.56 Å². The van der Waals surface area contributed by atoms with Gasteiger partial charge in [0.2, 0.25) is 0 Å². The molecule has 24 heavy (non-hydrogen) atoms. The van der Waals surface area contributed by atoms with E-state index < -0.39 is 5.82 Å². The Hall–Kier alpha value is -3.07. The van der Waals surface area contributed by atoms with Crippen LogP contribution in [0.4, 0.5) is 8.78 Å². The molecule has 0 saturated heterocycles. The lowest BCUT2D eigenvalue weighted by Crippen LogP contribution is -1.93. The van der Waals surface area contributed by atoms with Crippen molar-refractivity contribution in [3.05, 3.63) is 90.5 Å². The SMILES string of the molecule is Fc1ccccc1-c1cc(-c2ccccc2)nc2cccc(F)c12. The summed E-state index contributed by atoms with van der Waals surface area (Å²) in [6, 6.07) is 22.5. The van der Waals surface area contributed by atoms with Crippen molar-refractivity contribution in [3.8, 4) is 22.4 Å². The zero-order valence-corrected chi connectivity index (χ0v) is 12.7. The molecule has 0 fully saturated rings. The lowest BCUT2D eigenvalue weighted by atomic mass is 9.97. The number of hydrogen-bond acceptors (Lipinski definition) is 1. The van der Waals surface area contributed by atoms with Crippen molar-refractivity contribution < 1.29 is 8.78 Å². The van der Waals surface area contributed by atoms with Gasteiger partial charge in [-0.25, -0.2) is 13.8 Å². The number of hydrogen-bond donors (Lipinski definition) is 0. The monoisotopic (exact) mass is 317 g/mol. The van der Waals surface area contributed by atoms with E-state index in [2.05, 4.69) is 4.98 Å². The number of rotatable bonds is 2. The van der Waals surface area contributed by atoms with E-state index in [1.807, 2.05) is 30.3 Å². The van der Waals surface area contributed by atoms with Crippen LogP contribution in [0.5, 0.6) is 0 Å². The molecular weight excluding hydrogens is 304 g/mol. The van der Waals surface area contributed by atoms with E-state index in [0.29, 0.717) is 27.7 Å². The number of benzene rings is 3. The molecule has 0 radical (unpaired) electrons. The van der Waals surface area contributed by atoms with Gasteiger partial charge in [0.05, 0.1) is 11.2 Å². The highest BCUT2D eigenvalue weighted by atomic mass is 19.1. The Labute approximate surface area is 138 Å². The standard InChI is InChI=1S/C21H13F2N/c22-17-10-5-4-9-15(17)16-13-20(14-7-2-1-3-8-14)24-19-12-6-11-18(23)21(16)19/h1-13H. The lowest BCUT2D eigenvalue weighted by molar-refractivity contribution is 0.630. The molecule has 1 nitrogen and oxygen atoms in total. The first kappa shape index (κ1) is 14.5. The largest absolute Gasteiger partial charge is 0.248 e. The molecule has 0 aliphatic rings. The third-order valence-electron chi connectivity index (χ3n) is 4.02. The fraction of sp³-hybridized carbons (Fsp3) is 0. The molecule has 3 heteroatoms. The molecule has 3 aromatic carbocycles. The van der Waals surface area contributed by atoms with Crippen LogP contribution in [-0.2, 0) is 0 Å². The first-order valence-corrected chi connectivity index (χ1v) is 7.63. The average Bonchev–Trinajstić information content (AvgIpc) is 2.62. The molecule has 1 heterocycles. The Bertz CT molecular complexity index is 1030. The van der Waals surface area contributed by atoms with Crippen molar-refractivity contribution in [2.45, 2.75) is 0 Å². The molecule has 0 amide bonds. The van der Waals surface area contributed by atoms with Crippen LogP contribution in [0, 0.1) is 11.6 Å². The summed E-state index contributed by atoms with van der Waals surface area (Å²) >= 11 is 0. The molecule has 0 spiro atoms. The molecule has 4 rings (SSSR count). The van der Waals surface area contributed by atoms with Crippen LogP contribution in [0.25, 0.3) is 33.3 Å². The number of nitrogens with zero attached hydrogens (tertiary/aromatic N) is 1. The molecule has 1 aromatic heterocycles. The molecule has 0 N–H and O–H groups in total. The molecule has 116 valence electrons. The van der Waals surface area contributed by atoms with Crippen molar-refractivity contribution in [1.82, 2.24) is 4.98 Å². The number of pyridine rings is 1. The zero-order valence-electron chi connectivity index (χ0n) is 12.7. The minimum Gasteiger partial charge on any atom is -0.248 e. The highest BCUT2D eigenvalue weighted by Crippen LogP contribution is 2.34. The predicted octanol–water partition coefficient (Wildman–Crippen LogP) is 5.85. The summed E-state index contributed by atoms with van der Waals surface area (Å²) in [5, 5.41) is 0.335. The second-order valence-electron chi connectivity index (χ2n) is 5.53. The van der Waals surface area contributed by atoms with Gasteiger partial charge in [0.15, 0.2) is 0 Å². The highest BCUT2D eigenvalue weighted by Gasteiger charge is 2.15. The fourth-order valence-electron chi connectivity index (χ4n) is 2.89. The summed E-state index contributed by atoms with van der Waals surface area (Å²) in [5.74, 6) is -0.787. The van der Waals surface area contributed by atoms with E-state index >= 15 is 0 Å². The summed E-state index contributed by atoms with van der Waals surface area (Å²) in [4.78, 5) is 4.56. The Morgan fingerprint density at radius 3 is 2.12 bits per heavy atom. The Morgan fingerprint density at radius 2 is 1.33 bits per heavy atom. The van der Waals surface area contributed by atoms with Crippen molar-refractivity contribution in [2.75, 3.05) is 0 Å². The Balaban J connectivity index is 2.09. The van der Waals surface area contributed by atoms with Gasteiger partial charge < -0.3 is 0 Å². The predicted molar refractivity (Wildman–Crippen MR) is 92.5 cm³/mol. The van der Waals surface area contributed by atoms with Crippen LogP contribution >= 0.6 is 0 Å². The van der Waals surface area contributed by atoms with Gasteiger partial charge in [0.1, 0.15) is 11.6 Å². The third-order valence-corrected chi connectivity index (χ3v) is 4.02. The van der Waals surface area contributed by atoms with Gasteiger partial charge in [-0.15, -0.1) is 0 Å². The molecule has 0 aliphatic heterocycles. The van der Waals surface area contributed by atoms with E-state index in [-0.39, 0.29) is 5.82 Å². The first-order valence-electron chi connectivity index (χ1n) is 7.63. The quantitative estimate of drug-likeness (QED) is 0.452. The summed E-state index contributed by atoms with van der Waals surface area (Å²) in [7, 11) is 0. The van der Waals surface area contributed by atoms with Gasteiger partial charge in [-0.1, -0.05) is 54.6 Å². The smallest absolute Gasteiger partial charge is 0.133 e. The fourth-order valence-corrected chi connectivity index (χ4v) is 2.89. The van der Waals surface area contributed by atoms with Crippen molar-refractivity contribution in [3.63, 3.8) is 0 Å². The van der Waals surface area contributed by atoms with Crippen molar-refractivity contribution >= 4 is 10.9 Å². The van der Waals surface area contributed by atoms with Crippen molar-refractivity contribution in [2.24, 2.45) is 0 Å². The van der Waals surface area contributed by atoms with Gasteiger partial charge in [-0.3, -0.25) is 0 Å². The highest BCUT2D eigenvalue weighted by molar-refractivity contribution is 5.97. The van der Waals surface area contributed by atoms with Crippen LogP contribution in [0.3, 0.4) is 0 Å². The first-order chi connectivity index (χ1) is 11.7. The van der Waals surface area contributed by atoms with E-state index in [1.165, 1.54) is 12.1 Å². The summed E-state index contributed by atoms with van der Waals surface area (Å²) in [6.45, 7) is 0. The van der Waals surface area contributed by atoms with Gasteiger partial charge >= 0.3 is 0 Å². The lowest BCUT2D eigenvalue weighted by Gasteiger charge is -2.11. The molecule has 0 atom stereocenters. The third kappa shape index (κ3) is 2.44. The summed E-state index contributed by atoms with van der Waals surface area (Å²) in [5.41, 5.74) is 2.98. The van der Waals surface area contributed by atoms with Crippen LogP contribution in [-0.4, -0.2) is 4.98 Å². The second-order valence-corrected chi connectivity index (χ2v) is 5.53. The summed E-state index contributed by atoms with van der Waals surface area (Å²) < 4.78 is 28.8. The maximum absolute atomic E-state index is 14.4. The van der Waals surface area contributed by atoms with Crippen molar-refractivity contribution in [1.29, 1.82) is 0 Å². The number of halogens is 2. The Morgan fingerprint density at radius 1 is 0.625 bits per heavy atom. The molecule has 0 bridgehead atoms. The van der Waals surface area contributed by atoms with E-state index in [4.69, 9.17) is 0 Å². The van der Waals surface area contributed by atoms with Crippen LogP contribution in [0.1, 0.15) is 0 Å². The number of fused-ring (bicyclic) bond motifs is 1. The van der Waals surface area contributed by atoms with Gasteiger partial charge in [-0.2, -0.15) is 0 Å². The van der Waals surface area contributed by atoms with Crippen LogP contribution in [0.15, 0.2) is 78.9 Å². The maximum Gasteiger partial charge on any atom is 0.133 e. The molecular formula is C21H13F2N. The average molecular weight is 317 g/mol.